The van der Waals surface area contributed by atoms with Crippen LogP contribution in [0.15, 0.2) is 48.5 Å². The Balaban J connectivity index is 1.46. The van der Waals surface area contributed by atoms with Crippen molar-refractivity contribution in [2.45, 2.75) is 45.6 Å². The highest BCUT2D eigenvalue weighted by molar-refractivity contribution is 5.79. The fraction of sp³-hybridized carbons (Fsp3) is 0.519. The highest BCUT2D eigenvalue weighted by atomic mass is 16.5. The number of hydrogen-bond donors (Lipinski definition) is 1. The minimum atomic E-state index is 0.0285. The van der Waals surface area contributed by atoms with E-state index < -0.39 is 0 Å². The Morgan fingerprint density at radius 1 is 1.25 bits per heavy atom. The number of nitrogens with zero attached hydrogens (tertiary/aromatic N) is 1. The number of piperidine rings is 1. The zero-order valence-electron chi connectivity index (χ0n) is 19.4. The smallest absolute Gasteiger partial charge is 0.227 e. The Kier molecular flexibility index (Phi) is 6.75. The number of likely N-dealkylation sites (tertiary alicyclic amines) is 1. The van der Waals surface area contributed by atoms with Crippen LogP contribution in [0.1, 0.15) is 50.3 Å². The maximum absolute atomic E-state index is 13.2. The van der Waals surface area contributed by atoms with E-state index in [0.29, 0.717) is 30.6 Å². The molecule has 1 amide bonds. The summed E-state index contributed by atoms with van der Waals surface area (Å²) in [5, 5.41) is 9.82. The van der Waals surface area contributed by atoms with E-state index in [1.165, 1.54) is 12.7 Å². The first-order valence-electron chi connectivity index (χ1n) is 11.7. The zero-order valence-corrected chi connectivity index (χ0v) is 19.4. The van der Waals surface area contributed by atoms with E-state index >= 15 is 0 Å². The van der Waals surface area contributed by atoms with Crippen molar-refractivity contribution in [1.82, 2.24) is 4.90 Å². The number of amides is 1. The Morgan fingerprint density at radius 3 is 2.75 bits per heavy atom. The lowest BCUT2D eigenvalue weighted by Crippen LogP contribution is -2.52. The van der Waals surface area contributed by atoms with Crippen LogP contribution in [0.5, 0.6) is 11.5 Å². The Morgan fingerprint density at radius 2 is 2.03 bits per heavy atom. The van der Waals surface area contributed by atoms with Gasteiger partial charge in [-0.25, -0.2) is 0 Å². The van der Waals surface area contributed by atoms with Gasteiger partial charge in [-0.05, 0) is 54.4 Å². The highest BCUT2D eigenvalue weighted by Crippen LogP contribution is 2.48. The molecule has 0 aromatic heterocycles. The van der Waals surface area contributed by atoms with Gasteiger partial charge in [0, 0.05) is 18.5 Å². The van der Waals surface area contributed by atoms with Crippen LogP contribution in [-0.2, 0) is 16.0 Å². The minimum Gasteiger partial charge on any atom is -0.504 e. The molecule has 5 nitrogen and oxygen atoms in total. The number of methoxy groups -OCH3 is 1. The molecule has 32 heavy (non-hydrogen) atoms. The number of phenols is 1. The average molecular weight is 438 g/mol. The van der Waals surface area contributed by atoms with Crippen LogP contribution in [0.3, 0.4) is 0 Å². The molecule has 3 atom stereocenters. The van der Waals surface area contributed by atoms with E-state index in [1.807, 2.05) is 11.0 Å². The maximum Gasteiger partial charge on any atom is 0.227 e. The summed E-state index contributed by atoms with van der Waals surface area (Å²) in [7, 11) is 1.52. The van der Waals surface area contributed by atoms with Gasteiger partial charge in [0.15, 0.2) is 11.5 Å². The molecule has 2 aromatic rings. The van der Waals surface area contributed by atoms with Crippen LogP contribution in [0, 0.1) is 17.3 Å². The molecule has 0 aliphatic carbocycles. The van der Waals surface area contributed by atoms with Gasteiger partial charge < -0.3 is 19.5 Å². The van der Waals surface area contributed by atoms with E-state index in [0.717, 1.165) is 37.9 Å². The second-order valence-electron chi connectivity index (χ2n) is 9.86. The van der Waals surface area contributed by atoms with E-state index in [9.17, 15) is 9.90 Å². The van der Waals surface area contributed by atoms with Gasteiger partial charge in [-0.15, -0.1) is 0 Å². The van der Waals surface area contributed by atoms with E-state index in [2.05, 4.69) is 38.1 Å². The van der Waals surface area contributed by atoms with Crippen LogP contribution < -0.4 is 4.74 Å². The first kappa shape index (κ1) is 22.7. The first-order valence-corrected chi connectivity index (χ1v) is 11.7. The van der Waals surface area contributed by atoms with Crippen LogP contribution in [-0.4, -0.2) is 42.7 Å². The standard InChI is InChI=1S/C27H35NO4/c1-19(2)22-16-27(18-32-26(22)21-8-5-4-6-9-21)12-7-13-28(17-27)25(30)15-20-10-11-23(29)24(14-20)31-3/h4-6,8-11,14,19,22,26,29H,7,12-13,15-18H2,1-3H3/t22-,26-,27+/m0/s1. The van der Waals surface area contributed by atoms with Gasteiger partial charge in [-0.2, -0.15) is 0 Å². The first-order chi connectivity index (χ1) is 15.4. The largest absolute Gasteiger partial charge is 0.504 e. The number of phenolic OH excluding ortho intramolecular Hbond substituents is 1. The van der Waals surface area contributed by atoms with Crippen molar-refractivity contribution in [3.05, 3.63) is 59.7 Å². The summed E-state index contributed by atoms with van der Waals surface area (Å²) in [5.74, 6) is 1.56. The quantitative estimate of drug-likeness (QED) is 0.716. The van der Waals surface area contributed by atoms with Gasteiger partial charge in [0.2, 0.25) is 5.91 Å². The average Bonchev–Trinajstić information content (AvgIpc) is 2.81. The molecule has 2 saturated heterocycles. The zero-order chi connectivity index (χ0) is 22.7. The van der Waals surface area contributed by atoms with Crippen molar-refractivity contribution in [2.75, 3.05) is 26.8 Å². The molecule has 0 radical (unpaired) electrons. The topological polar surface area (TPSA) is 59.0 Å². The third-order valence-corrected chi connectivity index (χ3v) is 7.22. The summed E-state index contributed by atoms with van der Waals surface area (Å²) < 4.78 is 11.7. The molecule has 1 spiro atoms. The van der Waals surface area contributed by atoms with Gasteiger partial charge in [-0.1, -0.05) is 50.2 Å². The van der Waals surface area contributed by atoms with Crippen molar-refractivity contribution in [2.24, 2.45) is 17.3 Å². The van der Waals surface area contributed by atoms with Crippen molar-refractivity contribution < 1.29 is 19.4 Å². The lowest BCUT2D eigenvalue weighted by atomic mass is 9.67. The second-order valence-corrected chi connectivity index (χ2v) is 9.86. The SMILES string of the molecule is COc1cc(CC(=O)N2CCC[C@]3(CO[C@@H](c4ccccc4)[C@H](C(C)C)C3)C2)ccc1O. The van der Waals surface area contributed by atoms with E-state index in [1.54, 1.807) is 18.2 Å². The van der Waals surface area contributed by atoms with Crippen LogP contribution in [0.4, 0.5) is 0 Å². The monoisotopic (exact) mass is 437 g/mol. The molecule has 0 bridgehead atoms. The molecule has 0 saturated carbocycles. The fourth-order valence-corrected chi connectivity index (χ4v) is 5.45. The number of carbonyl (C=O) groups excluding carboxylic acids is 1. The molecule has 5 heteroatoms. The molecule has 4 rings (SSSR count). The molecule has 2 aromatic carbocycles. The van der Waals surface area contributed by atoms with E-state index in [-0.39, 0.29) is 23.2 Å². The second kappa shape index (κ2) is 9.53. The fourth-order valence-electron chi connectivity index (χ4n) is 5.45. The predicted octanol–water partition coefficient (Wildman–Crippen LogP) is 4.99. The van der Waals surface area contributed by atoms with Crippen molar-refractivity contribution in [1.29, 1.82) is 0 Å². The molecule has 2 aliphatic rings. The van der Waals surface area contributed by atoms with Gasteiger partial charge >= 0.3 is 0 Å². The number of aromatic hydroxyl groups is 1. The van der Waals surface area contributed by atoms with Crippen molar-refractivity contribution >= 4 is 5.91 Å². The molecule has 2 heterocycles. The summed E-state index contributed by atoms with van der Waals surface area (Å²) in [6.07, 6.45) is 3.63. The van der Waals surface area contributed by atoms with Crippen molar-refractivity contribution in [3.63, 3.8) is 0 Å². The molecule has 172 valence electrons. The Hall–Kier alpha value is -2.53. The molecule has 2 aliphatic heterocycles. The summed E-state index contributed by atoms with van der Waals surface area (Å²) in [6.45, 7) is 6.82. The molecular formula is C27H35NO4. The van der Waals surface area contributed by atoms with Crippen LogP contribution in [0.25, 0.3) is 0 Å². The van der Waals surface area contributed by atoms with Gasteiger partial charge in [0.05, 0.1) is 26.2 Å². The van der Waals surface area contributed by atoms with E-state index in [4.69, 9.17) is 9.47 Å². The number of ether oxygens (including phenoxy) is 2. The van der Waals surface area contributed by atoms with Crippen molar-refractivity contribution in [3.8, 4) is 11.5 Å². The lowest BCUT2D eigenvalue weighted by Gasteiger charge is -2.50. The number of benzene rings is 2. The van der Waals surface area contributed by atoms with Crippen LogP contribution >= 0.6 is 0 Å². The summed E-state index contributed by atoms with van der Waals surface area (Å²) in [5.41, 5.74) is 2.14. The normalized spacial score (nSPS) is 25.8. The lowest BCUT2D eigenvalue weighted by molar-refractivity contribution is -0.150. The van der Waals surface area contributed by atoms with Gasteiger partial charge in [0.25, 0.3) is 0 Å². The molecule has 0 unspecified atom stereocenters. The predicted molar refractivity (Wildman–Crippen MR) is 125 cm³/mol. The molecule has 2 fully saturated rings. The van der Waals surface area contributed by atoms with Gasteiger partial charge in [-0.3, -0.25) is 4.79 Å². The summed E-state index contributed by atoms with van der Waals surface area (Å²) in [4.78, 5) is 15.2. The molecular weight excluding hydrogens is 402 g/mol. The maximum atomic E-state index is 13.2. The molecule has 1 N–H and O–H groups in total. The third-order valence-electron chi connectivity index (χ3n) is 7.22. The number of carbonyl (C=O) groups is 1. The number of rotatable bonds is 5. The summed E-state index contributed by atoms with van der Waals surface area (Å²) in [6, 6.07) is 15.7. The Labute approximate surface area is 191 Å². The Bertz CT molecular complexity index is 929. The summed E-state index contributed by atoms with van der Waals surface area (Å²) >= 11 is 0. The minimum absolute atomic E-state index is 0.0285. The van der Waals surface area contributed by atoms with Crippen LogP contribution in [0.2, 0.25) is 0 Å². The number of hydrogen-bond acceptors (Lipinski definition) is 4. The van der Waals surface area contributed by atoms with Gasteiger partial charge in [0.1, 0.15) is 0 Å². The highest BCUT2D eigenvalue weighted by Gasteiger charge is 2.46. The third kappa shape index (κ3) is 4.78.